The first-order valence-corrected chi connectivity index (χ1v) is 7.87. The molecule has 0 atom stereocenters. The number of H-pyrrole nitrogens is 1. The Labute approximate surface area is 148 Å². The molecule has 0 bridgehead atoms. The van der Waals surface area contributed by atoms with Crippen LogP contribution in [0.4, 0.5) is 21.6 Å². The number of hydrogen-bond acceptors (Lipinski definition) is 6. The summed E-state index contributed by atoms with van der Waals surface area (Å²) in [6.07, 6.45) is 0.657. The van der Waals surface area contributed by atoms with Crippen LogP contribution in [0, 0.1) is 10.7 Å². The van der Waals surface area contributed by atoms with Gasteiger partial charge in [0.25, 0.3) is 0 Å². The number of nitroso groups, excluding NO2 is 1. The third-order valence-corrected chi connectivity index (χ3v) is 4.42. The predicted octanol–water partition coefficient (Wildman–Crippen LogP) is 4.28. The first-order chi connectivity index (χ1) is 12.6. The largest absolute Gasteiger partial charge is 0.493 e. The van der Waals surface area contributed by atoms with Gasteiger partial charge < -0.3 is 14.8 Å². The molecule has 3 aromatic rings. The summed E-state index contributed by atoms with van der Waals surface area (Å²) in [6.45, 7) is 0. The van der Waals surface area contributed by atoms with Crippen LogP contribution in [0.25, 0.3) is 11.3 Å². The van der Waals surface area contributed by atoms with E-state index in [1.54, 1.807) is 14.2 Å². The van der Waals surface area contributed by atoms with Crippen LogP contribution in [0.3, 0.4) is 0 Å². The molecule has 0 saturated heterocycles. The summed E-state index contributed by atoms with van der Waals surface area (Å²) in [5.41, 5.74) is 4.22. The second kappa shape index (κ2) is 6.14. The maximum absolute atomic E-state index is 13.4. The number of anilines is 2. The zero-order chi connectivity index (χ0) is 18.3. The molecule has 0 radical (unpaired) electrons. The van der Waals surface area contributed by atoms with Crippen molar-refractivity contribution in [1.82, 2.24) is 10.2 Å². The van der Waals surface area contributed by atoms with Gasteiger partial charge in [-0.1, -0.05) is 0 Å². The Hall–Kier alpha value is -3.42. The van der Waals surface area contributed by atoms with Gasteiger partial charge in [-0.3, -0.25) is 5.10 Å². The molecule has 1 aliphatic carbocycles. The van der Waals surface area contributed by atoms with Gasteiger partial charge >= 0.3 is 0 Å². The zero-order valence-electron chi connectivity index (χ0n) is 14.1. The lowest BCUT2D eigenvalue weighted by Gasteiger charge is -2.10. The summed E-state index contributed by atoms with van der Waals surface area (Å²) in [4.78, 5) is 10.7. The summed E-state index contributed by atoms with van der Waals surface area (Å²) < 4.78 is 24.1. The van der Waals surface area contributed by atoms with E-state index in [0.29, 0.717) is 29.4 Å². The van der Waals surface area contributed by atoms with Crippen molar-refractivity contribution in [3.05, 3.63) is 52.2 Å². The normalized spacial score (nSPS) is 11.7. The molecule has 26 heavy (non-hydrogen) atoms. The Bertz CT molecular complexity index is 1020. The predicted molar refractivity (Wildman–Crippen MR) is 95.1 cm³/mol. The molecular weight excluding hydrogens is 339 g/mol. The Balaban J connectivity index is 1.69. The molecular formula is C18H15FN4O3. The summed E-state index contributed by atoms with van der Waals surface area (Å²) in [5.74, 6) is 1.25. The minimum absolute atomic E-state index is 0.250. The molecule has 4 rings (SSSR count). The van der Waals surface area contributed by atoms with Gasteiger partial charge in [-0.2, -0.15) is 5.10 Å². The van der Waals surface area contributed by atoms with Crippen LogP contribution < -0.4 is 14.8 Å². The summed E-state index contributed by atoms with van der Waals surface area (Å²) >= 11 is 0. The maximum atomic E-state index is 13.4. The minimum Gasteiger partial charge on any atom is -0.493 e. The van der Waals surface area contributed by atoms with Crippen LogP contribution in [0.15, 0.2) is 35.5 Å². The maximum Gasteiger partial charge on any atom is 0.161 e. The lowest BCUT2D eigenvalue weighted by atomic mass is 10.1. The fraction of sp³-hybridized carbons (Fsp3) is 0.167. The van der Waals surface area contributed by atoms with E-state index in [0.717, 1.165) is 22.4 Å². The highest BCUT2D eigenvalue weighted by Crippen LogP contribution is 2.44. The van der Waals surface area contributed by atoms with Crippen molar-refractivity contribution in [2.24, 2.45) is 5.18 Å². The SMILES string of the molecule is COc1cc2c(cc1OC)-c1[nH]nc(Nc3ccc(F)c(N=O)c3)c1C2. The monoisotopic (exact) mass is 354 g/mol. The van der Waals surface area contributed by atoms with Gasteiger partial charge in [0.1, 0.15) is 5.69 Å². The Morgan fingerprint density at radius 1 is 1.19 bits per heavy atom. The van der Waals surface area contributed by atoms with Gasteiger partial charge in [-0.25, -0.2) is 4.39 Å². The van der Waals surface area contributed by atoms with Crippen molar-refractivity contribution in [3.63, 3.8) is 0 Å². The molecule has 0 aliphatic heterocycles. The first kappa shape index (κ1) is 16.1. The number of benzene rings is 2. The number of nitrogens with one attached hydrogen (secondary N) is 2. The lowest BCUT2D eigenvalue weighted by molar-refractivity contribution is 0.355. The number of hydrogen-bond donors (Lipinski definition) is 2. The second-order valence-electron chi connectivity index (χ2n) is 5.85. The highest BCUT2D eigenvalue weighted by Gasteiger charge is 2.26. The van der Waals surface area contributed by atoms with Gasteiger partial charge in [0.05, 0.1) is 19.9 Å². The second-order valence-corrected chi connectivity index (χ2v) is 5.85. The standard InChI is InChI=1S/C18H15FN4O3/c1-25-15-6-9-5-12-17(11(9)8-16(15)26-2)21-22-18(12)20-10-3-4-13(19)14(7-10)23-24/h3-4,6-8H,5H2,1-2H3,(H2,20,21,22). The molecule has 132 valence electrons. The number of nitrogens with zero attached hydrogens (tertiary/aromatic N) is 2. The highest BCUT2D eigenvalue weighted by atomic mass is 19.1. The molecule has 0 fully saturated rings. The minimum atomic E-state index is -0.663. The number of fused-ring (bicyclic) bond motifs is 3. The fourth-order valence-electron chi connectivity index (χ4n) is 3.15. The van der Waals surface area contributed by atoms with Crippen molar-refractivity contribution < 1.29 is 13.9 Å². The third kappa shape index (κ3) is 2.46. The molecule has 1 aromatic heterocycles. The molecule has 8 heteroatoms. The average molecular weight is 354 g/mol. The number of aromatic nitrogens is 2. The van der Waals surface area contributed by atoms with Crippen LogP contribution in [0.2, 0.25) is 0 Å². The van der Waals surface area contributed by atoms with Crippen molar-refractivity contribution >= 4 is 17.2 Å². The summed E-state index contributed by atoms with van der Waals surface area (Å²) in [6, 6.07) is 7.92. The topological polar surface area (TPSA) is 88.6 Å². The van der Waals surface area contributed by atoms with Gasteiger partial charge in [-0.15, -0.1) is 4.91 Å². The van der Waals surface area contributed by atoms with E-state index in [4.69, 9.17) is 9.47 Å². The number of halogens is 1. The van der Waals surface area contributed by atoms with Crippen molar-refractivity contribution in [1.29, 1.82) is 0 Å². The van der Waals surface area contributed by atoms with Crippen molar-refractivity contribution in [2.45, 2.75) is 6.42 Å². The van der Waals surface area contributed by atoms with Crippen LogP contribution in [-0.4, -0.2) is 24.4 Å². The molecule has 2 N–H and O–H groups in total. The molecule has 7 nitrogen and oxygen atoms in total. The summed E-state index contributed by atoms with van der Waals surface area (Å²) in [5, 5.41) is 13.1. The molecule has 0 amide bonds. The lowest BCUT2D eigenvalue weighted by Crippen LogP contribution is -1.96. The van der Waals surface area contributed by atoms with Gasteiger partial charge in [0.15, 0.2) is 23.1 Å². The van der Waals surface area contributed by atoms with Crippen LogP contribution in [-0.2, 0) is 6.42 Å². The number of aromatic amines is 1. The zero-order valence-corrected chi connectivity index (χ0v) is 14.1. The number of ether oxygens (including phenoxy) is 2. The fourth-order valence-corrected chi connectivity index (χ4v) is 3.15. The van der Waals surface area contributed by atoms with E-state index in [1.165, 1.54) is 18.2 Å². The van der Waals surface area contributed by atoms with E-state index in [1.807, 2.05) is 12.1 Å². The average Bonchev–Trinajstić information content (AvgIpc) is 3.21. The van der Waals surface area contributed by atoms with E-state index < -0.39 is 5.82 Å². The molecule has 0 saturated carbocycles. The van der Waals surface area contributed by atoms with E-state index in [-0.39, 0.29) is 5.69 Å². The quantitative estimate of drug-likeness (QED) is 0.522. The van der Waals surface area contributed by atoms with E-state index in [2.05, 4.69) is 20.7 Å². The third-order valence-electron chi connectivity index (χ3n) is 4.42. The van der Waals surface area contributed by atoms with Gasteiger partial charge in [0, 0.05) is 23.2 Å². The van der Waals surface area contributed by atoms with Crippen molar-refractivity contribution in [2.75, 3.05) is 19.5 Å². The Morgan fingerprint density at radius 3 is 2.69 bits per heavy atom. The smallest absolute Gasteiger partial charge is 0.161 e. The molecule has 1 heterocycles. The molecule has 1 aliphatic rings. The van der Waals surface area contributed by atoms with Crippen LogP contribution in [0.5, 0.6) is 11.5 Å². The van der Waals surface area contributed by atoms with Gasteiger partial charge in [0.2, 0.25) is 0 Å². The Kier molecular flexibility index (Phi) is 3.80. The summed E-state index contributed by atoms with van der Waals surface area (Å²) in [7, 11) is 3.19. The molecule has 0 spiro atoms. The molecule has 0 unspecified atom stereocenters. The van der Waals surface area contributed by atoms with Crippen LogP contribution in [0.1, 0.15) is 11.1 Å². The van der Waals surface area contributed by atoms with Crippen molar-refractivity contribution in [3.8, 4) is 22.8 Å². The van der Waals surface area contributed by atoms with Gasteiger partial charge in [-0.05, 0) is 41.1 Å². The first-order valence-electron chi connectivity index (χ1n) is 7.87. The number of rotatable bonds is 5. The number of methoxy groups -OCH3 is 2. The van der Waals surface area contributed by atoms with E-state index in [9.17, 15) is 9.30 Å². The molecule has 2 aromatic carbocycles. The van der Waals surface area contributed by atoms with Crippen LogP contribution >= 0.6 is 0 Å². The van der Waals surface area contributed by atoms with E-state index >= 15 is 0 Å². The highest BCUT2D eigenvalue weighted by molar-refractivity contribution is 5.81. The Morgan fingerprint density at radius 2 is 1.96 bits per heavy atom.